The Morgan fingerprint density at radius 1 is 1.12 bits per heavy atom. The van der Waals surface area contributed by atoms with Gasteiger partial charge in [-0.15, -0.1) is 0 Å². The minimum absolute atomic E-state index is 0.108. The normalized spacial score (nSPS) is 17.6. The lowest BCUT2D eigenvalue weighted by atomic mass is 9.95. The van der Waals surface area contributed by atoms with Crippen LogP contribution in [0, 0.1) is 0 Å². The first-order valence-electron chi connectivity index (χ1n) is 12.7. The van der Waals surface area contributed by atoms with Gasteiger partial charge in [-0.3, -0.25) is 14.2 Å². The standard InChI is InChI=1S/C29H28BrN3O6S/c1-7-39-28(36)22-15(4)31-29-33(24(22)17-12-20(37-5)21(38-6)13-18(17)30)27(35)25(40-29)23-16-10-8-9-11-19(16)32(14(2)3)26(23)34/h8-14,24H,7H2,1-6H3/b25-23+/t24-/m1/s1. The number of fused-ring (bicyclic) bond motifs is 2. The monoisotopic (exact) mass is 625 g/mol. The number of para-hydroxylation sites is 1. The Hall–Kier alpha value is -3.70. The van der Waals surface area contributed by atoms with Crippen molar-refractivity contribution in [3.63, 3.8) is 0 Å². The predicted molar refractivity (Wildman–Crippen MR) is 156 cm³/mol. The van der Waals surface area contributed by atoms with Crippen molar-refractivity contribution in [1.82, 2.24) is 4.57 Å². The van der Waals surface area contributed by atoms with E-state index in [1.807, 2.05) is 38.1 Å². The minimum atomic E-state index is -0.896. The van der Waals surface area contributed by atoms with Gasteiger partial charge in [0.15, 0.2) is 16.3 Å². The maximum Gasteiger partial charge on any atom is 0.338 e. The number of thiazole rings is 1. The molecule has 0 N–H and O–H groups in total. The first kappa shape index (κ1) is 27.9. The number of methoxy groups -OCH3 is 2. The molecule has 3 aromatic rings. The summed E-state index contributed by atoms with van der Waals surface area (Å²) in [6.45, 7) is 7.45. The number of carbonyl (C=O) groups is 2. The van der Waals surface area contributed by atoms with Gasteiger partial charge < -0.3 is 19.1 Å². The summed E-state index contributed by atoms with van der Waals surface area (Å²) in [5.41, 5.74) is 2.58. The van der Waals surface area contributed by atoms with Gasteiger partial charge in [0.05, 0.1) is 49.4 Å². The summed E-state index contributed by atoms with van der Waals surface area (Å²) >= 11 is 4.74. The Bertz CT molecular complexity index is 1770. The Morgan fingerprint density at radius 3 is 2.45 bits per heavy atom. The highest BCUT2D eigenvalue weighted by Crippen LogP contribution is 2.41. The molecule has 2 aromatic carbocycles. The van der Waals surface area contributed by atoms with Crippen molar-refractivity contribution in [3.05, 3.63) is 83.0 Å². The molecule has 0 radical (unpaired) electrons. The Labute approximate surface area is 243 Å². The van der Waals surface area contributed by atoms with Crippen LogP contribution in [0.25, 0.3) is 5.57 Å². The van der Waals surface area contributed by atoms with E-state index in [4.69, 9.17) is 14.2 Å². The molecule has 2 aliphatic rings. The Kier molecular flexibility index (Phi) is 7.45. The van der Waals surface area contributed by atoms with Crippen LogP contribution in [0.5, 0.6) is 11.5 Å². The van der Waals surface area contributed by atoms with Crippen LogP contribution in [-0.4, -0.2) is 43.3 Å². The fourth-order valence-corrected chi connectivity index (χ4v) is 6.86. The predicted octanol–water partition coefficient (Wildman–Crippen LogP) is 3.70. The van der Waals surface area contributed by atoms with Crippen LogP contribution >= 0.6 is 27.3 Å². The summed E-state index contributed by atoms with van der Waals surface area (Å²) in [6, 6.07) is 9.89. The average Bonchev–Trinajstić information content (AvgIpc) is 3.39. The second kappa shape index (κ2) is 10.7. The summed E-state index contributed by atoms with van der Waals surface area (Å²) in [7, 11) is 3.04. The summed E-state index contributed by atoms with van der Waals surface area (Å²) in [4.78, 5) is 48.1. The summed E-state index contributed by atoms with van der Waals surface area (Å²) in [6.07, 6.45) is 0. The maximum atomic E-state index is 14.3. The van der Waals surface area contributed by atoms with Crippen molar-refractivity contribution in [2.75, 3.05) is 25.7 Å². The average molecular weight is 627 g/mol. The molecule has 40 heavy (non-hydrogen) atoms. The zero-order valence-electron chi connectivity index (χ0n) is 22.9. The van der Waals surface area contributed by atoms with E-state index < -0.39 is 17.6 Å². The van der Waals surface area contributed by atoms with Crippen molar-refractivity contribution in [2.24, 2.45) is 4.99 Å². The van der Waals surface area contributed by atoms with Crippen molar-refractivity contribution in [1.29, 1.82) is 0 Å². The van der Waals surface area contributed by atoms with E-state index in [-0.39, 0.29) is 28.7 Å². The zero-order valence-corrected chi connectivity index (χ0v) is 25.3. The molecule has 0 unspecified atom stereocenters. The van der Waals surface area contributed by atoms with Crippen LogP contribution in [0.15, 0.2) is 61.9 Å². The van der Waals surface area contributed by atoms with E-state index in [0.717, 1.165) is 17.0 Å². The van der Waals surface area contributed by atoms with E-state index in [2.05, 4.69) is 20.9 Å². The third-order valence-corrected chi connectivity index (χ3v) is 8.64. The number of hydrogen-bond acceptors (Lipinski definition) is 8. The van der Waals surface area contributed by atoms with Gasteiger partial charge in [0.25, 0.3) is 11.5 Å². The molecule has 1 aromatic heterocycles. The summed E-state index contributed by atoms with van der Waals surface area (Å²) in [5, 5.41) is 0. The quantitative estimate of drug-likeness (QED) is 0.387. The van der Waals surface area contributed by atoms with Gasteiger partial charge in [0.2, 0.25) is 0 Å². The van der Waals surface area contributed by atoms with E-state index in [1.165, 1.54) is 18.8 Å². The third kappa shape index (κ3) is 4.28. The third-order valence-electron chi connectivity index (χ3n) is 6.90. The van der Waals surface area contributed by atoms with Crippen LogP contribution < -0.4 is 29.3 Å². The molecule has 1 amide bonds. The molecule has 0 aliphatic carbocycles. The molecule has 0 bridgehead atoms. The number of halogens is 1. The van der Waals surface area contributed by atoms with Gasteiger partial charge in [-0.2, -0.15) is 0 Å². The highest BCUT2D eigenvalue weighted by molar-refractivity contribution is 9.10. The van der Waals surface area contributed by atoms with Crippen molar-refractivity contribution >= 4 is 50.4 Å². The Morgan fingerprint density at radius 2 is 1.80 bits per heavy atom. The van der Waals surface area contributed by atoms with Crippen molar-refractivity contribution in [2.45, 2.75) is 39.8 Å². The largest absolute Gasteiger partial charge is 0.493 e. The van der Waals surface area contributed by atoms with Gasteiger partial charge in [-0.25, -0.2) is 9.79 Å². The molecule has 11 heteroatoms. The number of aromatic nitrogens is 1. The van der Waals surface area contributed by atoms with Crippen molar-refractivity contribution < 1.29 is 23.8 Å². The lowest BCUT2D eigenvalue weighted by molar-refractivity contribution is -0.139. The number of nitrogens with zero attached hydrogens (tertiary/aromatic N) is 3. The van der Waals surface area contributed by atoms with Gasteiger partial charge in [-0.05, 0) is 51.5 Å². The fraction of sp³-hybridized carbons (Fsp3) is 0.310. The highest BCUT2D eigenvalue weighted by Gasteiger charge is 2.38. The van der Waals surface area contributed by atoms with Gasteiger partial charge in [0.1, 0.15) is 4.53 Å². The number of carbonyl (C=O) groups excluding carboxylic acids is 2. The number of anilines is 1. The smallest absolute Gasteiger partial charge is 0.338 e. The number of esters is 1. The van der Waals surface area contributed by atoms with Crippen molar-refractivity contribution in [3.8, 4) is 11.5 Å². The SMILES string of the molecule is CCOC(=O)C1=C(C)N=c2s/c(=C3/C(=O)N(C(C)C)c4ccccc43)c(=O)n2[C@@H]1c1cc(OC)c(OC)cc1Br. The molecule has 0 saturated carbocycles. The number of rotatable bonds is 6. The number of allylic oxidation sites excluding steroid dienone is 1. The van der Waals surface area contributed by atoms with E-state index in [9.17, 15) is 14.4 Å². The lowest BCUT2D eigenvalue weighted by Crippen LogP contribution is -2.41. The molecular weight excluding hydrogens is 598 g/mol. The molecule has 2 aliphatic heterocycles. The van der Waals surface area contributed by atoms with E-state index in [1.54, 1.807) is 30.9 Å². The van der Waals surface area contributed by atoms with E-state index >= 15 is 0 Å². The fourth-order valence-electron chi connectivity index (χ4n) is 5.19. The highest BCUT2D eigenvalue weighted by atomic mass is 79.9. The lowest BCUT2D eigenvalue weighted by Gasteiger charge is -2.26. The van der Waals surface area contributed by atoms with Crippen LogP contribution in [0.4, 0.5) is 5.69 Å². The first-order valence-corrected chi connectivity index (χ1v) is 14.3. The second-order valence-corrected chi connectivity index (χ2v) is 11.3. The van der Waals surface area contributed by atoms with Gasteiger partial charge >= 0.3 is 5.97 Å². The number of amides is 1. The number of ether oxygens (including phenoxy) is 3. The van der Waals surface area contributed by atoms with Crippen LogP contribution in [0.2, 0.25) is 0 Å². The van der Waals surface area contributed by atoms with Gasteiger partial charge in [-0.1, -0.05) is 45.5 Å². The maximum absolute atomic E-state index is 14.3. The summed E-state index contributed by atoms with van der Waals surface area (Å²) in [5.74, 6) is 0.0809. The molecule has 208 valence electrons. The number of hydrogen-bond donors (Lipinski definition) is 0. The molecule has 9 nitrogen and oxygen atoms in total. The molecule has 0 fully saturated rings. The second-order valence-electron chi connectivity index (χ2n) is 9.51. The summed E-state index contributed by atoms with van der Waals surface area (Å²) < 4.78 is 18.7. The van der Waals surface area contributed by atoms with E-state index in [0.29, 0.717) is 43.2 Å². The molecule has 0 saturated heterocycles. The molecule has 3 heterocycles. The number of benzene rings is 2. The molecule has 1 atom stereocenters. The Balaban J connectivity index is 1.86. The van der Waals surface area contributed by atoms with Crippen LogP contribution in [-0.2, 0) is 14.3 Å². The molecule has 0 spiro atoms. The van der Waals surface area contributed by atoms with Crippen LogP contribution in [0.3, 0.4) is 0 Å². The first-order chi connectivity index (χ1) is 19.1. The molecular formula is C29H28BrN3O6S. The van der Waals surface area contributed by atoms with Gasteiger partial charge in [0, 0.05) is 16.1 Å². The van der Waals surface area contributed by atoms with Crippen LogP contribution in [0.1, 0.15) is 44.9 Å². The molecule has 5 rings (SSSR count). The topological polar surface area (TPSA) is 99.4 Å². The zero-order chi connectivity index (χ0) is 28.9. The minimum Gasteiger partial charge on any atom is -0.493 e.